The van der Waals surface area contributed by atoms with Crippen molar-refractivity contribution in [3.63, 3.8) is 0 Å². The van der Waals surface area contributed by atoms with E-state index in [1.807, 2.05) is 48.5 Å². The number of rotatable bonds is 2. The standard InChI is InChI=1S/C24H15FN2O/c25-20-13-10-19(11-14-20)24(28)27-22-15-12-18(21-7-4-16-26-23(21)22)9-8-17-5-2-1-3-6-17/h1-7,10-16H,(H,27,28). The highest BCUT2D eigenvalue weighted by atomic mass is 19.1. The number of carbonyl (C=O) groups excluding carboxylic acids is 1. The molecule has 1 aromatic heterocycles. The van der Waals surface area contributed by atoms with Gasteiger partial charge in [-0.05, 0) is 60.7 Å². The minimum atomic E-state index is -0.384. The summed E-state index contributed by atoms with van der Waals surface area (Å²) < 4.78 is 13.1. The monoisotopic (exact) mass is 366 g/mol. The molecule has 1 N–H and O–H groups in total. The molecule has 0 atom stereocenters. The number of amides is 1. The van der Waals surface area contributed by atoms with Crippen molar-refractivity contribution >= 4 is 22.5 Å². The van der Waals surface area contributed by atoms with Gasteiger partial charge in [0.25, 0.3) is 5.91 Å². The van der Waals surface area contributed by atoms with Gasteiger partial charge >= 0.3 is 0 Å². The zero-order chi connectivity index (χ0) is 19.3. The van der Waals surface area contributed by atoms with Gasteiger partial charge in [0.15, 0.2) is 0 Å². The normalized spacial score (nSPS) is 10.2. The second kappa shape index (κ2) is 7.73. The van der Waals surface area contributed by atoms with Gasteiger partial charge in [-0.25, -0.2) is 4.39 Å². The Morgan fingerprint density at radius 1 is 0.857 bits per heavy atom. The third kappa shape index (κ3) is 3.74. The quantitative estimate of drug-likeness (QED) is 0.506. The van der Waals surface area contributed by atoms with Gasteiger partial charge in [-0.1, -0.05) is 30.0 Å². The van der Waals surface area contributed by atoms with Gasteiger partial charge in [-0.15, -0.1) is 0 Å². The van der Waals surface area contributed by atoms with Gasteiger partial charge in [-0.2, -0.15) is 0 Å². The summed E-state index contributed by atoms with van der Waals surface area (Å²) in [6.45, 7) is 0. The van der Waals surface area contributed by atoms with Crippen LogP contribution in [0.3, 0.4) is 0 Å². The maximum atomic E-state index is 13.1. The number of anilines is 1. The van der Waals surface area contributed by atoms with Crippen LogP contribution >= 0.6 is 0 Å². The number of halogens is 1. The predicted octanol–water partition coefficient (Wildman–Crippen LogP) is 5.03. The number of carbonyl (C=O) groups is 1. The summed E-state index contributed by atoms with van der Waals surface area (Å²) in [6, 6.07) is 22.5. The van der Waals surface area contributed by atoms with Crippen molar-refractivity contribution < 1.29 is 9.18 Å². The van der Waals surface area contributed by atoms with E-state index in [1.54, 1.807) is 12.3 Å². The molecule has 0 bridgehead atoms. The minimum Gasteiger partial charge on any atom is -0.320 e. The Labute approximate surface area is 161 Å². The summed E-state index contributed by atoms with van der Waals surface area (Å²) in [5, 5.41) is 3.70. The average Bonchev–Trinajstić information content (AvgIpc) is 2.74. The third-order valence-corrected chi connectivity index (χ3v) is 4.24. The summed E-state index contributed by atoms with van der Waals surface area (Å²) in [4.78, 5) is 16.9. The second-order valence-electron chi connectivity index (χ2n) is 6.14. The lowest BCUT2D eigenvalue weighted by Crippen LogP contribution is -2.12. The third-order valence-electron chi connectivity index (χ3n) is 4.24. The Hall–Kier alpha value is -3.97. The number of nitrogens with one attached hydrogen (secondary N) is 1. The molecule has 0 aliphatic carbocycles. The van der Waals surface area contributed by atoms with Crippen LogP contribution in [-0.2, 0) is 0 Å². The lowest BCUT2D eigenvalue weighted by atomic mass is 10.1. The van der Waals surface area contributed by atoms with E-state index in [2.05, 4.69) is 22.1 Å². The van der Waals surface area contributed by atoms with E-state index >= 15 is 0 Å². The number of hydrogen-bond acceptors (Lipinski definition) is 2. The van der Waals surface area contributed by atoms with E-state index in [1.165, 1.54) is 24.3 Å². The largest absolute Gasteiger partial charge is 0.320 e. The fourth-order valence-corrected chi connectivity index (χ4v) is 2.84. The fraction of sp³-hybridized carbons (Fsp3) is 0. The lowest BCUT2D eigenvalue weighted by molar-refractivity contribution is 0.102. The Morgan fingerprint density at radius 3 is 2.43 bits per heavy atom. The molecule has 0 fully saturated rings. The van der Waals surface area contributed by atoms with Crippen molar-refractivity contribution in [1.82, 2.24) is 4.98 Å². The van der Waals surface area contributed by atoms with Gasteiger partial charge in [0.05, 0.1) is 11.2 Å². The molecular formula is C24H15FN2O. The van der Waals surface area contributed by atoms with Crippen LogP contribution in [-0.4, -0.2) is 10.9 Å². The van der Waals surface area contributed by atoms with Gasteiger partial charge in [0, 0.05) is 28.3 Å². The summed E-state index contributed by atoms with van der Waals surface area (Å²) in [5.74, 6) is 5.61. The molecule has 1 heterocycles. The average molecular weight is 366 g/mol. The highest BCUT2D eigenvalue weighted by Gasteiger charge is 2.11. The molecule has 4 rings (SSSR count). The summed E-state index contributed by atoms with van der Waals surface area (Å²) in [6.07, 6.45) is 1.67. The molecule has 0 saturated carbocycles. The number of benzene rings is 3. The molecule has 3 nitrogen and oxygen atoms in total. The lowest BCUT2D eigenvalue weighted by Gasteiger charge is -2.09. The molecular weight excluding hydrogens is 351 g/mol. The summed E-state index contributed by atoms with van der Waals surface area (Å²) in [7, 11) is 0. The van der Waals surface area contributed by atoms with Crippen molar-refractivity contribution in [3.05, 3.63) is 108 Å². The van der Waals surface area contributed by atoms with Gasteiger partial charge in [-0.3, -0.25) is 9.78 Å². The molecule has 4 aromatic rings. The van der Waals surface area contributed by atoms with Gasteiger partial charge in [0.2, 0.25) is 0 Å². The van der Waals surface area contributed by atoms with Crippen LogP contribution in [0.2, 0.25) is 0 Å². The van der Waals surface area contributed by atoms with Crippen LogP contribution in [0, 0.1) is 17.7 Å². The molecule has 0 saturated heterocycles. The summed E-state index contributed by atoms with van der Waals surface area (Å²) >= 11 is 0. The molecule has 0 unspecified atom stereocenters. The van der Waals surface area contributed by atoms with Crippen LogP contribution in [0.25, 0.3) is 10.9 Å². The van der Waals surface area contributed by atoms with Crippen molar-refractivity contribution in [2.75, 3.05) is 5.32 Å². The maximum absolute atomic E-state index is 13.1. The Morgan fingerprint density at radius 2 is 1.64 bits per heavy atom. The van der Waals surface area contributed by atoms with Crippen LogP contribution in [0.15, 0.2) is 85.1 Å². The molecule has 0 aliphatic rings. The van der Waals surface area contributed by atoms with Crippen molar-refractivity contribution in [2.45, 2.75) is 0 Å². The number of nitrogens with zero attached hydrogens (tertiary/aromatic N) is 1. The fourth-order valence-electron chi connectivity index (χ4n) is 2.84. The topological polar surface area (TPSA) is 42.0 Å². The first-order valence-corrected chi connectivity index (χ1v) is 8.72. The second-order valence-corrected chi connectivity index (χ2v) is 6.14. The predicted molar refractivity (Wildman–Crippen MR) is 109 cm³/mol. The highest BCUT2D eigenvalue weighted by molar-refractivity contribution is 6.09. The molecule has 0 radical (unpaired) electrons. The van der Waals surface area contributed by atoms with Crippen molar-refractivity contribution in [2.24, 2.45) is 0 Å². The van der Waals surface area contributed by atoms with E-state index in [9.17, 15) is 9.18 Å². The van der Waals surface area contributed by atoms with E-state index in [0.717, 1.165) is 16.5 Å². The van der Waals surface area contributed by atoms with Crippen LogP contribution in [0.4, 0.5) is 10.1 Å². The number of pyridine rings is 1. The van der Waals surface area contributed by atoms with Crippen molar-refractivity contribution in [1.29, 1.82) is 0 Å². The molecule has 28 heavy (non-hydrogen) atoms. The minimum absolute atomic E-state index is 0.324. The number of fused-ring (bicyclic) bond motifs is 1. The first-order chi connectivity index (χ1) is 13.7. The molecule has 4 heteroatoms. The van der Waals surface area contributed by atoms with E-state index in [4.69, 9.17) is 0 Å². The zero-order valence-electron chi connectivity index (χ0n) is 14.8. The van der Waals surface area contributed by atoms with Gasteiger partial charge in [0.1, 0.15) is 5.82 Å². The molecule has 3 aromatic carbocycles. The van der Waals surface area contributed by atoms with E-state index < -0.39 is 0 Å². The molecule has 0 aliphatic heterocycles. The smallest absolute Gasteiger partial charge is 0.255 e. The zero-order valence-corrected chi connectivity index (χ0v) is 14.8. The van der Waals surface area contributed by atoms with Crippen LogP contribution < -0.4 is 5.32 Å². The first kappa shape index (κ1) is 17.4. The maximum Gasteiger partial charge on any atom is 0.255 e. The van der Waals surface area contributed by atoms with E-state index in [-0.39, 0.29) is 11.7 Å². The van der Waals surface area contributed by atoms with Crippen LogP contribution in [0.5, 0.6) is 0 Å². The summed E-state index contributed by atoms with van der Waals surface area (Å²) in [5.41, 5.74) is 3.35. The highest BCUT2D eigenvalue weighted by Crippen LogP contribution is 2.25. The number of aromatic nitrogens is 1. The number of hydrogen-bond donors (Lipinski definition) is 1. The van der Waals surface area contributed by atoms with E-state index in [0.29, 0.717) is 16.8 Å². The van der Waals surface area contributed by atoms with Crippen molar-refractivity contribution in [3.8, 4) is 11.8 Å². The first-order valence-electron chi connectivity index (χ1n) is 8.72. The Bertz CT molecular complexity index is 1210. The van der Waals surface area contributed by atoms with Crippen LogP contribution in [0.1, 0.15) is 21.5 Å². The molecule has 1 amide bonds. The Balaban J connectivity index is 1.69. The van der Waals surface area contributed by atoms with Gasteiger partial charge < -0.3 is 5.32 Å². The molecule has 0 spiro atoms. The molecule has 134 valence electrons. The Kier molecular flexibility index (Phi) is 4.81. The SMILES string of the molecule is O=C(Nc1ccc(C#Cc2ccccc2)c2cccnc12)c1ccc(F)cc1.